The molecular formula is C19H30N2O3. The van der Waals surface area contributed by atoms with Gasteiger partial charge in [-0.2, -0.15) is 0 Å². The fraction of sp³-hybridized carbons (Fsp3) is 0.526. The number of anilines is 1. The van der Waals surface area contributed by atoms with Gasteiger partial charge in [0.15, 0.2) is 0 Å². The highest BCUT2D eigenvalue weighted by atomic mass is 16.5. The number of hydrogen-bond acceptors (Lipinski definition) is 4. The molecular weight excluding hydrogens is 304 g/mol. The molecule has 0 radical (unpaired) electrons. The SMILES string of the molecule is CCCOC/C(C)=C/c1cc(NCC(O)CNC(C)=O)ccc1C. The van der Waals surface area contributed by atoms with Crippen molar-refractivity contribution >= 4 is 17.7 Å². The van der Waals surface area contributed by atoms with Crippen LogP contribution in [0, 0.1) is 6.92 Å². The summed E-state index contributed by atoms with van der Waals surface area (Å²) in [4.78, 5) is 10.8. The molecule has 5 heteroatoms. The second-order valence-electron chi connectivity index (χ2n) is 6.09. The van der Waals surface area contributed by atoms with Gasteiger partial charge >= 0.3 is 0 Å². The van der Waals surface area contributed by atoms with E-state index < -0.39 is 6.10 Å². The molecule has 0 bridgehead atoms. The Morgan fingerprint density at radius 3 is 2.75 bits per heavy atom. The van der Waals surface area contributed by atoms with Gasteiger partial charge in [0.05, 0.1) is 12.7 Å². The zero-order valence-electron chi connectivity index (χ0n) is 15.2. The van der Waals surface area contributed by atoms with Crippen LogP contribution in [0.15, 0.2) is 23.8 Å². The Morgan fingerprint density at radius 2 is 2.08 bits per heavy atom. The van der Waals surface area contributed by atoms with Crippen molar-refractivity contribution < 1.29 is 14.6 Å². The highest BCUT2D eigenvalue weighted by Crippen LogP contribution is 2.18. The normalized spacial score (nSPS) is 12.8. The van der Waals surface area contributed by atoms with E-state index in [2.05, 4.69) is 49.6 Å². The molecule has 0 heterocycles. The maximum atomic E-state index is 10.8. The second kappa shape index (κ2) is 10.8. The first-order valence-corrected chi connectivity index (χ1v) is 8.44. The van der Waals surface area contributed by atoms with Gasteiger partial charge in [-0.1, -0.05) is 19.1 Å². The van der Waals surface area contributed by atoms with E-state index in [1.165, 1.54) is 18.1 Å². The number of ether oxygens (including phenoxy) is 1. The molecule has 1 amide bonds. The first-order valence-electron chi connectivity index (χ1n) is 8.44. The van der Waals surface area contributed by atoms with Crippen molar-refractivity contribution in [3.63, 3.8) is 0 Å². The van der Waals surface area contributed by atoms with Crippen molar-refractivity contribution in [2.75, 3.05) is 31.6 Å². The summed E-state index contributed by atoms with van der Waals surface area (Å²) in [5.74, 6) is -0.141. The van der Waals surface area contributed by atoms with Gasteiger partial charge in [0.2, 0.25) is 5.91 Å². The zero-order chi connectivity index (χ0) is 17.9. The van der Waals surface area contributed by atoms with Crippen molar-refractivity contribution in [1.82, 2.24) is 5.32 Å². The number of carbonyl (C=O) groups excluding carboxylic acids is 1. The minimum Gasteiger partial charge on any atom is -0.389 e. The molecule has 5 nitrogen and oxygen atoms in total. The third kappa shape index (κ3) is 8.13. The van der Waals surface area contributed by atoms with E-state index in [-0.39, 0.29) is 12.5 Å². The van der Waals surface area contributed by atoms with Gasteiger partial charge in [0, 0.05) is 32.3 Å². The molecule has 0 aliphatic rings. The fourth-order valence-electron chi connectivity index (χ4n) is 2.16. The summed E-state index contributed by atoms with van der Waals surface area (Å²) >= 11 is 0. The molecule has 134 valence electrons. The molecule has 0 spiro atoms. The van der Waals surface area contributed by atoms with Crippen molar-refractivity contribution in [2.24, 2.45) is 0 Å². The lowest BCUT2D eigenvalue weighted by Gasteiger charge is -2.14. The smallest absolute Gasteiger partial charge is 0.216 e. The molecule has 0 aromatic heterocycles. The van der Waals surface area contributed by atoms with Gasteiger partial charge in [0.25, 0.3) is 0 Å². The van der Waals surface area contributed by atoms with E-state index in [1.807, 2.05) is 6.07 Å². The highest BCUT2D eigenvalue weighted by Gasteiger charge is 2.05. The predicted octanol–water partition coefficient (Wildman–Crippen LogP) is 2.73. The summed E-state index contributed by atoms with van der Waals surface area (Å²) in [5, 5.41) is 15.6. The van der Waals surface area contributed by atoms with Crippen molar-refractivity contribution in [2.45, 2.75) is 40.2 Å². The minimum atomic E-state index is -0.627. The lowest BCUT2D eigenvalue weighted by Crippen LogP contribution is -2.34. The standard InChI is InChI=1S/C19H30N2O3/c1-5-8-24-13-14(2)9-17-10-18(7-6-15(17)3)21-12-19(23)11-20-16(4)22/h6-7,9-10,19,21,23H,5,8,11-13H2,1-4H3,(H,20,22)/b14-9+. The Kier molecular flexibility index (Phi) is 9.12. The number of aliphatic hydroxyl groups excluding tert-OH is 1. The number of carbonyl (C=O) groups is 1. The Morgan fingerprint density at radius 1 is 1.33 bits per heavy atom. The summed E-state index contributed by atoms with van der Waals surface area (Å²) in [6, 6.07) is 6.10. The van der Waals surface area contributed by atoms with E-state index in [9.17, 15) is 9.90 Å². The third-order valence-electron chi connectivity index (χ3n) is 3.49. The molecule has 0 aliphatic heterocycles. The molecule has 0 fully saturated rings. The zero-order valence-corrected chi connectivity index (χ0v) is 15.2. The monoisotopic (exact) mass is 334 g/mol. The number of nitrogens with one attached hydrogen (secondary N) is 2. The summed E-state index contributed by atoms with van der Waals surface area (Å²) in [6.07, 6.45) is 2.52. The average Bonchev–Trinajstić information content (AvgIpc) is 2.53. The van der Waals surface area contributed by atoms with Crippen LogP contribution < -0.4 is 10.6 Å². The Bertz CT molecular complexity index is 556. The van der Waals surface area contributed by atoms with Crippen LogP contribution in [-0.2, 0) is 9.53 Å². The lowest BCUT2D eigenvalue weighted by atomic mass is 10.1. The second-order valence-corrected chi connectivity index (χ2v) is 6.09. The van der Waals surface area contributed by atoms with Crippen LogP contribution in [0.3, 0.4) is 0 Å². The number of aryl methyl sites for hydroxylation is 1. The average molecular weight is 334 g/mol. The van der Waals surface area contributed by atoms with E-state index in [4.69, 9.17) is 4.74 Å². The number of hydrogen-bond donors (Lipinski definition) is 3. The molecule has 0 saturated heterocycles. The summed E-state index contributed by atoms with van der Waals surface area (Å²) in [6.45, 7) is 9.70. The van der Waals surface area contributed by atoms with Gasteiger partial charge in [-0.25, -0.2) is 0 Å². The Labute approximate surface area is 145 Å². The molecule has 1 rings (SSSR count). The maximum Gasteiger partial charge on any atom is 0.216 e. The van der Waals surface area contributed by atoms with Crippen LogP contribution in [0.1, 0.15) is 38.3 Å². The van der Waals surface area contributed by atoms with Crippen LogP contribution in [0.25, 0.3) is 6.08 Å². The molecule has 1 unspecified atom stereocenters. The Balaban J connectivity index is 2.62. The van der Waals surface area contributed by atoms with Crippen molar-refractivity contribution in [1.29, 1.82) is 0 Å². The molecule has 1 aromatic rings. The largest absolute Gasteiger partial charge is 0.389 e. The number of amides is 1. The van der Waals surface area contributed by atoms with Crippen LogP contribution in [0.2, 0.25) is 0 Å². The molecule has 1 atom stereocenters. The van der Waals surface area contributed by atoms with Crippen LogP contribution in [0.5, 0.6) is 0 Å². The summed E-state index contributed by atoms with van der Waals surface area (Å²) < 4.78 is 5.56. The molecule has 0 aliphatic carbocycles. The first kappa shape index (κ1) is 20.2. The number of benzene rings is 1. The highest BCUT2D eigenvalue weighted by molar-refractivity contribution is 5.72. The summed E-state index contributed by atoms with van der Waals surface area (Å²) in [7, 11) is 0. The molecule has 1 aromatic carbocycles. The van der Waals surface area contributed by atoms with Gasteiger partial charge in [-0.05, 0) is 49.1 Å². The first-order chi connectivity index (χ1) is 11.4. The van der Waals surface area contributed by atoms with Gasteiger partial charge < -0.3 is 20.5 Å². The van der Waals surface area contributed by atoms with Gasteiger partial charge in [-0.3, -0.25) is 4.79 Å². The van der Waals surface area contributed by atoms with Crippen LogP contribution >= 0.6 is 0 Å². The van der Waals surface area contributed by atoms with E-state index in [1.54, 1.807) is 0 Å². The molecule has 0 saturated carbocycles. The fourth-order valence-corrected chi connectivity index (χ4v) is 2.16. The maximum absolute atomic E-state index is 10.8. The van der Waals surface area contributed by atoms with Crippen LogP contribution in [-0.4, -0.2) is 43.4 Å². The quantitative estimate of drug-likeness (QED) is 0.575. The van der Waals surface area contributed by atoms with E-state index in [0.717, 1.165) is 24.3 Å². The number of rotatable bonds is 10. The van der Waals surface area contributed by atoms with Gasteiger partial charge in [-0.15, -0.1) is 0 Å². The van der Waals surface area contributed by atoms with Crippen molar-refractivity contribution in [3.8, 4) is 0 Å². The van der Waals surface area contributed by atoms with Crippen LogP contribution in [0.4, 0.5) is 5.69 Å². The van der Waals surface area contributed by atoms with Crippen molar-refractivity contribution in [3.05, 3.63) is 34.9 Å². The molecule has 3 N–H and O–H groups in total. The topological polar surface area (TPSA) is 70.6 Å². The number of aliphatic hydroxyl groups is 1. The van der Waals surface area contributed by atoms with E-state index in [0.29, 0.717) is 13.2 Å². The van der Waals surface area contributed by atoms with Gasteiger partial charge in [0.1, 0.15) is 0 Å². The molecule has 24 heavy (non-hydrogen) atoms. The third-order valence-corrected chi connectivity index (χ3v) is 3.49. The van der Waals surface area contributed by atoms with E-state index >= 15 is 0 Å². The predicted molar refractivity (Wildman–Crippen MR) is 99.1 cm³/mol. The lowest BCUT2D eigenvalue weighted by molar-refractivity contribution is -0.119. The summed E-state index contributed by atoms with van der Waals surface area (Å²) in [5.41, 5.74) is 4.44. The Hall–Kier alpha value is -1.85. The minimum absolute atomic E-state index is 0.141.